The van der Waals surface area contributed by atoms with Crippen molar-refractivity contribution in [2.75, 3.05) is 26.1 Å². The molecule has 1 heterocycles. The van der Waals surface area contributed by atoms with Crippen molar-refractivity contribution in [3.05, 3.63) is 124 Å². The Kier molecular flexibility index (Phi) is 9.56. The summed E-state index contributed by atoms with van der Waals surface area (Å²) in [6, 6.07) is 16.9. The van der Waals surface area contributed by atoms with Gasteiger partial charge in [0.1, 0.15) is 39.2 Å². The maximum Gasteiger partial charge on any atom is 0.281 e. The zero-order valence-corrected chi connectivity index (χ0v) is 25.0. The second-order valence-electron chi connectivity index (χ2n) is 9.65. The van der Waals surface area contributed by atoms with Crippen LogP contribution in [0.4, 0.5) is 23.2 Å². The third-order valence-electron chi connectivity index (χ3n) is 6.64. The van der Waals surface area contributed by atoms with Gasteiger partial charge in [0.25, 0.3) is 17.7 Å². The van der Waals surface area contributed by atoms with E-state index < -0.39 is 52.6 Å². The van der Waals surface area contributed by atoms with Gasteiger partial charge in [0.05, 0.1) is 7.11 Å². The molecule has 0 aromatic heterocycles. The molecule has 2 N–H and O–H groups in total. The second-order valence-corrected chi connectivity index (χ2v) is 10.7. The summed E-state index contributed by atoms with van der Waals surface area (Å²) in [5.41, 5.74) is 0.361. The first-order valence-corrected chi connectivity index (χ1v) is 14.4. The molecule has 0 spiro atoms. The number of para-hydroxylation sites is 1. The summed E-state index contributed by atoms with van der Waals surface area (Å²) in [6.45, 7) is -0.478. The van der Waals surface area contributed by atoms with Gasteiger partial charge in [0, 0.05) is 41.6 Å². The van der Waals surface area contributed by atoms with Crippen molar-refractivity contribution >= 4 is 40.2 Å². The highest BCUT2D eigenvalue weighted by atomic mass is 32.2. The number of methoxy groups -OCH3 is 1. The van der Waals surface area contributed by atoms with Crippen molar-refractivity contribution in [2.45, 2.75) is 5.37 Å². The maximum atomic E-state index is 14.7. The van der Waals surface area contributed by atoms with Gasteiger partial charge in [-0.1, -0.05) is 30.0 Å². The minimum absolute atomic E-state index is 0.0859. The topological polar surface area (TPSA) is 109 Å². The number of thioether (sulfide) groups is 1. The molecule has 0 fully saturated rings. The predicted molar refractivity (Wildman–Crippen MR) is 163 cm³/mol. The van der Waals surface area contributed by atoms with Crippen LogP contribution >= 0.6 is 11.8 Å². The lowest BCUT2D eigenvalue weighted by Crippen LogP contribution is -2.28. The smallest absolute Gasteiger partial charge is 0.281 e. The molecule has 0 aliphatic carbocycles. The third kappa shape index (κ3) is 6.81. The van der Waals surface area contributed by atoms with E-state index in [0.29, 0.717) is 28.9 Å². The quantitative estimate of drug-likeness (QED) is 0.219. The van der Waals surface area contributed by atoms with Gasteiger partial charge in [-0.25, -0.2) is 22.6 Å². The Bertz CT molecular complexity index is 1830. The molecule has 14 heteroatoms. The fourth-order valence-corrected chi connectivity index (χ4v) is 5.71. The molecule has 0 saturated carbocycles. The maximum absolute atomic E-state index is 14.7. The molecule has 0 saturated heterocycles. The molecule has 4 aromatic carbocycles. The average Bonchev–Trinajstić information content (AvgIpc) is 3.48. The minimum Gasteiger partial charge on any atom is -0.492 e. The van der Waals surface area contributed by atoms with E-state index in [4.69, 9.17) is 9.47 Å². The molecule has 3 amide bonds. The van der Waals surface area contributed by atoms with Crippen LogP contribution in [0.15, 0.2) is 84.0 Å². The highest BCUT2D eigenvalue weighted by Gasteiger charge is 2.39. The number of nitrogens with zero attached hydrogens (tertiary/aromatic N) is 2. The van der Waals surface area contributed by atoms with Crippen LogP contribution in [-0.4, -0.2) is 48.5 Å². The molecular formula is C32H24F4N4O5S. The average molecular weight is 653 g/mol. The van der Waals surface area contributed by atoms with Gasteiger partial charge in [-0.05, 0) is 48.5 Å². The van der Waals surface area contributed by atoms with Gasteiger partial charge < -0.3 is 20.1 Å². The highest BCUT2D eigenvalue weighted by Crippen LogP contribution is 2.47. The number of hydrogen-bond donors (Lipinski definition) is 2. The van der Waals surface area contributed by atoms with Gasteiger partial charge in [-0.3, -0.25) is 14.4 Å². The van der Waals surface area contributed by atoms with Crippen LogP contribution < -0.4 is 20.1 Å². The summed E-state index contributed by atoms with van der Waals surface area (Å²) in [5, 5.41) is 9.38. The number of rotatable bonds is 9. The number of nitrogens with one attached hydrogen (secondary N) is 2. The normalized spacial score (nSPS) is 14.0. The van der Waals surface area contributed by atoms with Gasteiger partial charge in [-0.15, -0.1) is 0 Å². The molecule has 1 aliphatic rings. The summed E-state index contributed by atoms with van der Waals surface area (Å²) in [5.74, 6) is -6.48. The van der Waals surface area contributed by atoms with E-state index in [1.807, 2.05) is 0 Å². The summed E-state index contributed by atoms with van der Waals surface area (Å²) in [6.07, 6.45) is 0. The molecule has 0 bridgehead atoms. The van der Waals surface area contributed by atoms with Crippen LogP contribution in [0.1, 0.15) is 37.2 Å². The van der Waals surface area contributed by atoms with Crippen LogP contribution in [0.2, 0.25) is 0 Å². The van der Waals surface area contributed by atoms with E-state index in [2.05, 4.69) is 15.7 Å². The van der Waals surface area contributed by atoms with Crippen molar-refractivity contribution in [2.24, 2.45) is 5.10 Å². The molecular weight excluding hydrogens is 628 g/mol. The fourth-order valence-electron chi connectivity index (χ4n) is 4.54. The third-order valence-corrected chi connectivity index (χ3v) is 7.86. The largest absolute Gasteiger partial charge is 0.492 e. The Morgan fingerprint density at radius 3 is 2.28 bits per heavy atom. The number of ether oxygens (including phenoxy) is 2. The number of benzene rings is 4. The monoisotopic (exact) mass is 652 g/mol. The Morgan fingerprint density at radius 2 is 1.61 bits per heavy atom. The number of carbonyl (C=O) groups is 3. The molecule has 9 nitrogen and oxygen atoms in total. The summed E-state index contributed by atoms with van der Waals surface area (Å²) >= 11 is 1.00. The molecule has 1 atom stereocenters. The molecule has 0 radical (unpaired) electrons. The standard InChI is InChI=1S/C32H24F4N4O5S/c1-37-29(42)18-5-3-6-21(13-18)38-26(41)16-45-25-8-4-7-22(28(25)44-2)32-40(31(43)27-23(35)14-20(34)15-24(27)36)39-30(46-32)17-9-11-19(33)12-10-17/h3-15,32H,16H2,1-2H3,(H,37,42)(H,38,41). The van der Waals surface area contributed by atoms with Crippen LogP contribution in [-0.2, 0) is 4.79 Å². The Balaban J connectivity index is 1.44. The Morgan fingerprint density at radius 1 is 0.913 bits per heavy atom. The lowest BCUT2D eigenvalue weighted by atomic mass is 10.1. The fraction of sp³-hybridized carbons (Fsp3) is 0.125. The zero-order chi connectivity index (χ0) is 33.0. The second kappa shape index (κ2) is 13.7. The van der Waals surface area contributed by atoms with E-state index in [9.17, 15) is 31.9 Å². The van der Waals surface area contributed by atoms with Crippen LogP contribution in [0.25, 0.3) is 0 Å². The Hall–Kier alpha value is -5.37. The van der Waals surface area contributed by atoms with E-state index in [-0.39, 0.29) is 28.0 Å². The van der Waals surface area contributed by atoms with Crippen molar-refractivity contribution in [3.8, 4) is 11.5 Å². The summed E-state index contributed by atoms with van der Waals surface area (Å²) in [7, 11) is 2.81. The summed E-state index contributed by atoms with van der Waals surface area (Å²) < 4.78 is 68.0. The first-order valence-electron chi connectivity index (χ1n) is 13.5. The molecule has 1 aliphatic heterocycles. The molecule has 1 unspecified atom stereocenters. The van der Waals surface area contributed by atoms with Crippen molar-refractivity contribution in [1.82, 2.24) is 10.3 Å². The summed E-state index contributed by atoms with van der Waals surface area (Å²) in [4.78, 5) is 38.2. The lowest BCUT2D eigenvalue weighted by molar-refractivity contribution is -0.118. The first-order chi connectivity index (χ1) is 22.1. The molecule has 236 valence electrons. The number of halogens is 4. The lowest BCUT2D eigenvalue weighted by Gasteiger charge is -2.24. The van der Waals surface area contributed by atoms with Gasteiger partial charge in [0.15, 0.2) is 18.1 Å². The van der Waals surface area contributed by atoms with Gasteiger partial charge in [-0.2, -0.15) is 5.10 Å². The van der Waals surface area contributed by atoms with Crippen molar-refractivity contribution in [1.29, 1.82) is 0 Å². The molecule has 46 heavy (non-hydrogen) atoms. The Labute approximate surface area is 264 Å². The van der Waals surface area contributed by atoms with Crippen LogP contribution in [0, 0.1) is 23.3 Å². The van der Waals surface area contributed by atoms with Gasteiger partial charge >= 0.3 is 0 Å². The number of amides is 3. The van der Waals surface area contributed by atoms with Crippen molar-refractivity contribution in [3.63, 3.8) is 0 Å². The van der Waals surface area contributed by atoms with E-state index in [1.54, 1.807) is 30.3 Å². The molecule has 4 aromatic rings. The van der Waals surface area contributed by atoms with E-state index in [1.165, 1.54) is 50.6 Å². The number of carbonyl (C=O) groups excluding carboxylic acids is 3. The van der Waals surface area contributed by atoms with Crippen molar-refractivity contribution < 1.29 is 41.4 Å². The van der Waals surface area contributed by atoms with E-state index >= 15 is 0 Å². The number of hydrogen-bond acceptors (Lipinski definition) is 7. The van der Waals surface area contributed by atoms with Crippen LogP contribution in [0.3, 0.4) is 0 Å². The predicted octanol–water partition coefficient (Wildman–Crippen LogP) is 5.88. The zero-order valence-electron chi connectivity index (χ0n) is 24.1. The SMILES string of the molecule is CNC(=O)c1cccc(NC(=O)COc2cccc(C3SC(c4ccc(F)cc4)=NN3C(=O)c3c(F)cc(F)cc3F)c2OC)c1. The number of hydrazone groups is 1. The highest BCUT2D eigenvalue weighted by molar-refractivity contribution is 8.14. The van der Waals surface area contributed by atoms with E-state index in [0.717, 1.165) is 16.8 Å². The van der Waals surface area contributed by atoms with Crippen LogP contribution in [0.5, 0.6) is 11.5 Å². The van der Waals surface area contributed by atoms with Gasteiger partial charge in [0.2, 0.25) is 0 Å². The molecule has 5 rings (SSSR count). The first kappa shape index (κ1) is 32.0. The minimum atomic E-state index is -1.42. The number of anilines is 1.